The number of carbonyl (C=O) groups is 2. The maximum absolute atomic E-state index is 12.4. The summed E-state index contributed by atoms with van der Waals surface area (Å²) >= 11 is 0. The first kappa shape index (κ1) is 17.9. The van der Waals surface area contributed by atoms with Crippen molar-refractivity contribution in [3.8, 4) is 0 Å². The van der Waals surface area contributed by atoms with Gasteiger partial charge in [-0.15, -0.1) is 0 Å². The van der Waals surface area contributed by atoms with Crippen LogP contribution < -0.4 is 10.6 Å². The van der Waals surface area contributed by atoms with Gasteiger partial charge in [-0.2, -0.15) is 0 Å². The number of carbonyl (C=O) groups excluding carboxylic acids is 2. The molecule has 1 aromatic carbocycles. The number of nitrogens with one attached hydrogen (secondary N) is 2. The Hall–Kier alpha value is -1.88. The first-order chi connectivity index (χ1) is 12.1. The van der Waals surface area contributed by atoms with Gasteiger partial charge < -0.3 is 15.5 Å². The molecule has 3 rings (SSSR count). The van der Waals surface area contributed by atoms with Crippen molar-refractivity contribution in [2.24, 2.45) is 0 Å². The van der Waals surface area contributed by atoms with E-state index in [0.29, 0.717) is 6.42 Å². The summed E-state index contributed by atoms with van der Waals surface area (Å²) in [6.45, 7) is 4.87. The largest absolute Gasteiger partial charge is 0.351 e. The molecule has 1 fully saturated rings. The monoisotopic (exact) mass is 343 g/mol. The van der Waals surface area contributed by atoms with E-state index in [0.717, 1.165) is 24.9 Å². The Labute approximate surface area is 150 Å². The fraction of sp³-hybridized carbons (Fsp3) is 0.600. The number of nitrogens with zero attached hydrogens (tertiary/aromatic N) is 1. The minimum atomic E-state index is -0.123. The molecule has 5 heteroatoms. The molecule has 2 N–H and O–H groups in total. The van der Waals surface area contributed by atoms with Crippen LogP contribution in [0.1, 0.15) is 56.2 Å². The standard InChI is InChI=1S/C20H29N3O2/c1-15(24)21-18-14-16-8-3-4-9-17(16)20(18)22-19(25)10-7-13-23-11-5-2-6-12-23/h3-4,8-9,18,20H,2,5-7,10-14H2,1H3,(H,21,24)(H,22,25)/t18-,20-/m1/s1. The van der Waals surface area contributed by atoms with Crippen molar-refractivity contribution in [2.45, 2.75) is 57.5 Å². The molecule has 2 aliphatic rings. The molecule has 0 unspecified atom stereocenters. The van der Waals surface area contributed by atoms with E-state index in [-0.39, 0.29) is 23.9 Å². The van der Waals surface area contributed by atoms with Gasteiger partial charge in [0.15, 0.2) is 0 Å². The lowest BCUT2D eigenvalue weighted by Crippen LogP contribution is -2.43. The molecule has 0 spiro atoms. The second-order valence-corrected chi connectivity index (χ2v) is 7.26. The Morgan fingerprint density at radius 2 is 1.88 bits per heavy atom. The average Bonchev–Trinajstić information content (AvgIpc) is 2.92. The van der Waals surface area contributed by atoms with Gasteiger partial charge in [-0.1, -0.05) is 30.7 Å². The van der Waals surface area contributed by atoms with Crippen molar-refractivity contribution in [2.75, 3.05) is 19.6 Å². The minimum absolute atomic E-state index is 0.0536. The number of rotatable bonds is 6. The van der Waals surface area contributed by atoms with E-state index >= 15 is 0 Å². The van der Waals surface area contributed by atoms with Crippen LogP contribution in [-0.4, -0.2) is 42.4 Å². The van der Waals surface area contributed by atoms with Crippen LogP contribution in [0.15, 0.2) is 24.3 Å². The summed E-state index contributed by atoms with van der Waals surface area (Å²) < 4.78 is 0. The van der Waals surface area contributed by atoms with Crippen molar-refractivity contribution in [1.82, 2.24) is 15.5 Å². The average molecular weight is 343 g/mol. The lowest BCUT2D eigenvalue weighted by atomic mass is 10.1. The molecule has 136 valence electrons. The van der Waals surface area contributed by atoms with Crippen LogP contribution in [0.3, 0.4) is 0 Å². The third kappa shape index (κ3) is 4.82. The lowest BCUT2D eigenvalue weighted by molar-refractivity contribution is -0.123. The first-order valence-corrected chi connectivity index (χ1v) is 9.50. The molecule has 1 saturated heterocycles. The maximum atomic E-state index is 12.4. The van der Waals surface area contributed by atoms with Crippen molar-refractivity contribution in [3.05, 3.63) is 35.4 Å². The molecule has 2 atom stereocenters. The van der Waals surface area contributed by atoms with Gasteiger partial charge in [-0.25, -0.2) is 0 Å². The summed E-state index contributed by atoms with van der Waals surface area (Å²) in [5.74, 6) is 0.0243. The van der Waals surface area contributed by atoms with Crippen LogP contribution in [-0.2, 0) is 16.0 Å². The van der Waals surface area contributed by atoms with Crippen molar-refractivity contribution >= 4 is 11.8 Å². The van der Waals surface area contributed by atoms with Gasteiger partial charge in [-0.05, 0) is 56.4 Å². The summed E-state index contributed by atoms with van der Waals surface area (Å²) in [5, 5.41) is 6.15. The highest BCUT2D eigenvalue weighted by atomic mass is 16.2. The lowest BCUT2D eigenvalue weighted by Gasteiger charge is -2.26. The van der Waals surface area contributed by atoms with Crippen LogP contribution in [0, 0.1) is 0 Å². The predicted octanol–water partition coefficient (Wildman–Crippen LogP) is 2.17. The highest BCUT2D eigenvalue weighted by Crippen LogP contribution is 2.31. The number of hydrogen-bond donors (Lipinski definition) is 2. The molecule has 5 nitrogen and oxygen atoms in total. The van der Waals surface area contributed by atoms with E-state index in [1.807, 2.05) is 12.1 Å². The van der Waals surface area contributed by atoms with Gasteiger partial charge in [0.2, 0.25) is 11.8 Å². The normalized spacial score (nSPS) is 23.1. The number of benzene rings is 1. The van der Waals surface area contributed by atoms with E-state index in [9.17, 15) is 9.59 Å². The van der Waals surface area contributed by atoms with Crippen molar-refractivity contribution in [1.29, 1.82) is 0 Å². The Kier molecular flexibility index (Phi) is 6.08. The third-order valence-corrected chi connectivity index (χ3v) is 5.26. The molecule has 1 aromatic rings. The molecule has 1 aliphatic heterocycles. The van der Waals surface area contributed by atoms with Crippen molar-refractivity contribution in [3.63, 3.8) is 0 Å². The highest BCUT2D eigenvalue weighted by molar-refractivity contribution is 5.77. The van der Waals surface area contributed by atoms with E-state index < -0.39 is 0 Å². The van der Waals surface area contributed by atoms with Crippen LogP contribution in [0.4, 0.5) is 0 Å². The molecule has 0 bridgehead atoms. The van der Waals surface area contributed by atoms with Crippen LogP contribution in [0.5, 0.6) is 0 Å². The fourth-order valence-electron chi connectivity index (χ4n) is 4.06. The zero-order valence-corrected chi connectivity index (χ0v) is 15.1. The molecular formula is C20H29N3O2. The van der Waals surface area contributed by atoms with Gasteiger partial charge in [0.05, 0.1) is 12.1 Å². The summed E-state index contributed by atoms with van der Waals surface area (Å²) in [6, 6.07) is 7.95. The van der Waals surface area contributed by atoms with Gasteiger partial charge in [-0.3, -0.25) is 9.59 Å². The number of hydrogen-bond acceptors (Lipinski definition) is 3. The van der Waals surface area contributed by atoms with Crippen LogP contribution in [0.2, 0.25) is 0 Å². The number of amides is 2. The van der Waals surface area contributed by atoms with E-state index in [1.54, 1.807) is 0 Å². The number of likely N-dealkylation sites (tertiary alicyclic amines) is 1. The number of fused-ring (bicyclic) bond motifs is 1. The van der Waals surface area contributed by atoms with Gasteiger partial charge in [0, 0.05) is 13.3 Å². The topological polar surface area (TPSA) is 61.4 Å². The minimum Gasteiger partial charge on any atom is -0.351 e. The fourth-order valence-corrected chi connectivity index (χ4v) is 4.06. The van der Waals surface area contributed by atoms with Gasteiger partial charge >= 0.3 is 0 Å². The Morgan fingerprint density at radius 1 is 1.12 bits per heavy atom. The number of piperidine rings is 1. The zero-order chi connectivity index (χ0) is 17.6. The van der Waals surface area contributed by atoms with E-state index in [4.69, 9.17) is 0 Å². The van der Waals surface area contributed by atoms with Gasteiger partial charge in [0.25, 0.3) is 0 Å². The molecule has 2 amide bonds. The summed E-state index contributed by atoms with van der Waals surface area (Å²) in [7, 11) is 0. The predicted molar refractivity (Wildman–Crippen MR) is 98.2 cm³/mol. The van der Waals surface area contributed by atoms with Crippen LogP contribution in [0.25, 0.3) is 0 Å². The third-order valence-electron chi connectivity index (χ3n) is 5.26. The zero-order valence-electron chi connectivity index (χ0n) is 15.1. The molecule has 1 heterocycles. The Morgan fingerprint density at radius 3 is 2.64 bits per heavy atom. The Balaban J connectivity index is 1.53. The molecular weight excluding hydrogens is 314 g/mol. The second-order valence-electron chi connectivity index (χ2n) is 7.26. The van der Waals surface area contributed by atoms with Gasteiger partial charge in [0.1, 0.15) is 0 Å². The maximum Gasteiger partial charge on any atom is 0.220 e. The smallest absolute Gasteiger partial charge is 0.220 e. The molecule has 25 heavy (non-hydrogen) atoms. The summed E-state index contributed by atoms with van der Waals surface area (Å²) in [4.78, 5) is 26.4. The van der Waals surface area contributed by atoms with E-state index in [1.165, 1.54) is 44.8 Å². The highest BCUT2D eigenvalue weighted by Gasteiger charge is 2.33. The summed E-state index contributed by atoms with van der Waals surface area (Å²) in [5.41, 5.74) is 2.34. The second kappa shape index (κ2) is 8.48. The summed E-state index contributed by atoms with van der Waals surface area (Å²) in [6.07, 6.45) is 6.11. The van der Waals surface area contributed by atoms with Crippen LogP contribution >= 0.6 is 0 Å². The Bertz CT molecular complexity index is 611. The van der Waals surface area contributed by atoms with E-state index in [2.05, 4.69) is 27.7 Å². The molecule has 1 aliphatic carbocycles. The SMILES string of the molecule is CC(=O)N[C@@H]1Cc2ccccc2[C@H]1NC(=O)CCCN1CCCCC1. The quantitative estimate of drug-likeness (QED) is 0.832. The molecule has 0 saturated carbocycles. The first-order valence-electron chi connectivity index (χ1n) is 9.50. The van der Waals surface area contributed by atoms with Crippen molar-refractivity contribution < 1.29 is 9.59 Å². The molecule has 0 radical (unpaired) electrons. The molecule has 0 aromatic heterocycles.